The maximum atomic E-state index is 14.9. The zero-order valence-corrected chi connectivity index (χ0v) is 20.1. The lowest BCUT2D eigenvalue weighted by Crippen LogP contribution is -2.40. The van der Waals surface area contributed by atoms with E-state index in [1.807, 2.05) is 0 Å². The van der Waals surface area contributed by atoms with Crippen LogP contribution < -0.4 is 15.4 Å². The summed E-state index contributed by atoms with van der Waals surface area (Å²) in [7, 11) is 1.52. The summed E-state index contributed by atoms with van der Waals surface area (Å²) in [4.78, 5) is 22.8. The molecule has 1 aromatic carbocycles. The number of fused-ring (bicyclic) bond motifs is 1. The molecule has 0 radical (unpaired) electrons. The lowest BCUT2D eigenvalue weighted by molar-refractivity contribution is 0.0364. The number of nitrogens with one attached hydrogen (secondary N) is 3. The summed E-state index contributed by atoms with van der Waals surface area (Å²) >= 11 is 6.33. The summed E-state index contributed by atoms with van der Waals surface area (Å²) in [5, 5.41) is 6.75. The van der Waals surface area contributed by atoms with Gasteiger partial charge in [0.05, 0.1) is 54.2 Å². The molecular weight excluding hydrogens is 473 g/mol. The van der Waals surface area contributed by atoms with Crippen molar-refractivity contribution in [1.82, 2.24) is 20.2 Å². The number of hydrogen-bond acceptors (Lipinski definition) is 6. The molecule has 1 fully saturated rings. The number of nitrogens with zero attached hydrogens (tertiary/aromatic N) is 2. The van der Waals surface area contributed by atoms with E-state index in [-0.39, 0.29) is 11.8 Å². The first-order valence-electron chi connectivity index (χ1n) is 11.6. The Balaban J connectivity index is 1.57. The molecule has 2 aliphatic heterocycles. The van der Waals surface area contributed by atoms with Gasteiger partial charge in [-0.15, -0.1) is 0 Å². The van der Waals surface area contributed by atoms with Gasteiger partial charge in [-0.25, -0.2) is 4.39 Å². The number of halogens is 2. The molecular formula is C25H27ClFN5O3. The first-order chi connectivity index (χ1) is 17.1. The third kappa shape index (κ3) is 4.71. The van der Waals surface area contributed by atoms with Gasteiger partial charge in [-0.2, -0.15) is 0 Å². The predicted octanol–water partition coefficient (Wildman–Crippen LogP) is 4.17. The van der Waals surface area contributed by atoms with Crippen molar-refractivity contribution in [3.63, 3.8) is 0 Å². The van der Waals surface area contributed by atoms with Crippen molar-refractivity contribution in [2.45, 2.75) is 12.3 Å². The summed E-state index contributed by atoms with van der Waals surface area (Å²) in [6.45, 7) is 4.64. The van der Waals surface area contributed by atoms with Gasteiger partial charge < -0.3 is 25.1 Å². The van der Waals surface area contributed by atoms with E-state index in [1.165, 1.54) is 13.3 Å². The third-order valence-electron chi connectivity index (χ3n) is 6.54. The Kier molecular flexibility index (Phi) is 6.90. The Labute approximate surface area is 207 Å². The second-order valence-corrected chi connectivity index (χ2v) is 9.02. The van der Waals surface area contributed by atoms with Crippen molar-refractivity contribution >= 4 is 28.9 Å². The Hall–Kier alpha value is -3.14. The SMILES string of the molecule is COc1c(Cl)cccc1Nc1c(-c2ccncc2F)[nH]c2c1C(=O)NC[C@@H]2CCN1CCOCC1. The Morgan fingerprint density at radius 2 is 2.14 bits per heavy atom. The maximum Gasteiger partial charge on any atom is 0.255 e. The monoisotopic (exact) mass is 499 g/mol. The molecule has 1 amide bonds. The van der Waals surface area contributed by atoms with Gasteiger partial charge in [-0.3, -0.25) is 14.7 Å². The Bertz CT molecular complexity index is 1230. The van der Waals surface area contributed by atoms with Crippen LogP contribution in [0.15, 0.2) is 36.7 Å². The minimum absolute atomic E-state index is 0.0472. The topological polar surface area (TPSA) is 91.5 Å². The number of anilines is 2. The summed E-state index contributed by atoms with van der Waals surface area (Å²) in [6.07, 6.45) is 3.53. The molecule has 0 spiro atoms. The number of pyridine rings is 1. The number of H-pyrrole nitrogens is 1. The van der Waals surface area contributed by atoms with Crippen LogP contribution >= 0.6 is 11.6 Å². The van der Waals surface area contributed by atoms with Crippen molar-refractivity contribution in [3.05, 3.63) is 58.8 Å². The van der Waals surface area contributed by atoms with Crippen LogP contribution in [0.3, 0.4) is 0 Å². The van der Waals surface area contributed by atoms with Crippen LogP contribution in [0.5, 0.6) is 5.75 Å². The van der Waals surface area contributed by atoms with E-state index < -0.39 is 5.82 Å². The van der Waals surface area contributed by atoms with Crippen LogP contribution in [-0.4, -0.2) is 67.3 Å². The van der Waals surface area contributed by atoms with Crippen LogP contribution in [0.4, 0.5) is 15.8 Å². The highest BCUT2D eigenvalue weighted by Gasteiger charge is 2.34. The van der Waals surface area contributed by atoms with E-state index in [0.717, 1.165) is 51.2 Å². The molecule has 2 aliphatic rings. The summed E-state index contributed by atoms with van der Waals surface area (Å²) in [5.74, 6) is -0.225. The van der Waals surface area contributed by atoms with Gasteiger partial charge in [0.25, 0.3) is 5.91 Å². The van der Waals surface area contributed by atoms with Crippen LogP contribution in [0.1, 0.15) is 28.4 Å². The molecule has 4 heterocycles. The first kappa shape index (κ1) is 23.6. The second kappa shape index (κ2) is 10.2. The molecule has 35 heavy (non-hydrogen) atoms. The number of aromatic nitrogens is 2. The summed E-state index contributed by atoms with van der Waals surface area (Å²) in [5.41, 5.74) is 3.09. The van der Waals surface area contributed by atoms with Gasteiger partial charge in [0.1, 0.15) is 0 Å². The fraction of sp³-hybridized carbons (Fsp3) is 0.360. The predicted molar refractivity (Wildman–Crippen MR) is 132 cm³/mol. The van der Waals surface area contributed by atoms with Gasteiger partial charge in [0, 0.05) is 43.0 Å². The normalized spacial score (nSPS) is 18.1. The lowest BCUT2D eigenvalue weighted by Gasteiger charge is -2.29. The molecule has 0 bridgehead atoms. The van der Waals surface area contributed by atoms with Crippen LogP contribution in [-0.2, 0) is 4.74 Å². The number of morpholine rings is 1. The molecule has 3 N–H and O–H groups in total. The number of hydrogen-bond donors (Lipinski definition) is 3. The van der Waals surface area contributed by atoms with Gasteiger partial charge in [0.15, 0.2) is 11.6 Å². The van der Waals surface area contributed by atoms with E-state index in [4.69, 9.17) is 21.1 Å². The van der Waals surface area contributed by atoms with Crippen LogP contribution in [0.25, 0.3) is 11.3 Å². The molecule has 3 aromatic rings. The van der Waals surface area contributed by atoms with Crippen LogP contribution in [0.2, 0.25) is 5.02 Å². The molecule has 5 rings (SSSR count). The van der Waals surface area contributed by atoms with Crippen molar-refractivity contribution in [2.75, 3.05) is 51.8 Å². The van der Waals surface area contributed by atoms with E-state index in [0.29, 0.717) is 45.5 Å². The molecule has 1 saturated heterocycles. The standard InChI is InChI=1S/C25H27ClFN5O3/c1-34-24-17(26)3-2-4-19(24)30-23-20-21(31-22(23)16-5-7-28-14-18(16)27)15(13-29-25(20)33)6-8-32-9-11-35-12-10-32/h2-5,7,14-15,30-31H,6,8-13H2,1H3,(H,29,33)/t15-/m0/s1. The Morgan fingerprint density at radius 1 is 1.31 bits per heavy atom. The molecule has 0 saturated carbocycles. The van der Waals surface area contributed by atoms with E-state index in [9.17, 15) is 9.18 Å². The zero-order valence-electron chi connectivity index (χ0n) is 19.4. The first-order valence-corrected chi connectivity index (χ1v) is 12.0. The zero-order chi connectivity index (χ0) is 24.4. The summed E-state index contributed by atoms with van der Waals surface area (Å²) < 4.78 is 25.8. The van der Waals surface area contributed by atoms with Gasteiger partial charge in [0.2, 0.25) is 0 Å². The number of carbonyl (C=O) groups excluding carboxylic acids is 1. The third-order valence-corrected chi connectivity index (χ3v) is 6.84. The average Bonchev–Trinajstić information content (AvgIpc) is 3.24. The lowest BCUT2D eigenvalue weighted by atomic mass is 9.93. The quantitative estimate of drug-likeness (QED) is 0.452. The van der Waals surface area contributed by atoms with Crippen LogP contribution in [0, 0.1) is 5.82 Å². The fourth-order valence-corrected chi connectivity index (χ4v) is 4.98. The molecule has 0 unspecified atom stereocenters. The molecule has 184 valence electrons. The van der Waals surface area contributed by atoms with Crippen molar-refractivity contribution in [2.24, 2.45) is 0 Å². The highest BCUT2D eigenvalue weighted by atomic mass is 35.5. The van der Waals surface area contributed by atoms with Gasteiger partial charge >= 0.3 is 0 Å². The number of aromatic amines is 1. The Morgan fingerprint density at radius 3 is 2.91 bits per heavy atom. The van der Waals surface area contributed by atoms with Gasteiger partial charge in [-0.05, 0) is 31.2 Å². The number of carbonyl (C=O) groups is 1. The van der Waals surface area contributed by atoms with E-state index in [1.54, 1.807) is 24.3 Å². The minimum atomic E-state index is -0.488. The fourth-order valence-electron chi connectivity index (χ4n) is 4.73. The number of ether oxygens (including phenoxy) is 2. The summed E-state index contributed by atoms with van der Waals surface area (Å²) in [6, 6.07) is 6.89. The number of benzene rings is 1. The highest BCUT2D eigenvalue weighted by molar-refractivity contribution is 6.32. The molecule has 1 atom stereocenters. The average molecular weight is 500 g/mol. The second-order valence-electron chi connectivity index (χ2n) is 8.61. The molecule has 8 nitrogen and oxygen atoms in total. The number of methoxy groups -OCH3 is 1. The minimum Gasteiger partial charge on any atom is -0.493 e. The molecule has 10 heteroatoms. The van der Waals surface area contributed by atoms with Crippen molar-refractivity contribution in [1.29, 1.82) is 0 Å². The smallest absolute Gasteiger partial charge is 0.255 e. The molecule has 2 aromatic heterocycles. The molecule has 0 aliphatic carbocycles. The van der Waals surface area contributed by atoms with E-state index >= 15 is 0 Å². The number of rotatable bonds is 7. The largest absolute Gasteiger partial charge is 0.493 e. The number of para-hydroxylation sites is 1. The van der Waals surface area contributed by atoms with Gasteiger partial charge in [-0.1, -0.05) is 17.7 Å². The number of amides is 1. The maximum absolute atomic E-state index is 14.9. The van der Waals surface area contributed by atoms with Crippen molar-refractivity contribution < 1.29 is 18.7 Å². The highest BCUT2D eigenvalue weighted by Crippen LogP contribution is 2.43. The van der Waals surface area contributed by atoms with Crippen molar-refractivity contribution in [3.8, 4) is 17.0 Å². The van der Waals surface area contributed by atoms with E-state index in [2.05, 4.69) is 25.5 Å².